The lowest BCUT2D eigenvalue weighted by atomic mass is 10.0. The normalized spacial score (nSPS) is 31.6. The van der Waals surface area contributed by atoms with Crippen molar-refractivity contribution in [3.05, 3.63) is 0 Å². The van der Waals surface area contributed by atoms with E-state index in [0.29, 0.717) is 12.1 Å². The predicted molar refractivity (Wildman–Crippen MR) is 78.1 cm³/mol. The molecular formula is C15H29N3O. The fourth-order valence-corrected chi connectivity index (χ4v) is 3.68. The summed E-state index contributed by atoms with van der Waals surface area (Å²) < 4.78 is 0. The van der Waals surface area contributed by atoms with Crippen LogP contribution < -0.4 is 10.6 Å². The Labute approximate surface area is 117 Å². The van der Waals surface area contributed by atoms with Gasteiger partial charge in [-0.05, 0) is 33.2 Å². The second-order valence-electron chi connectivity index (χ2n) is 6.09. The van der Waals surface area contributed by atoms with Crippen molar-refractivity contribution < 1.29 is 4.79 Å². The largest absolute Gasteiger partial charge is 0.355 e. The first-order valence-electron chi connectivity index (χ1n) is 7.93. The number of amides is 1. The highest BCUT2D eigenvalue weighted by Gasteiger charge is 2.36. The van der Waals surface area contributed by atoms with Crippen LogP contribution >= 0.6 is 0 Å². The van der Waals surface area contributed by atoms with Crippen LogP contribution in [0.4, 0.5) is 0 Å². The van der Waals surface area contributed by atoms with Crippen molar-refractivity contribution in [1.29, 1.82) is 0 Å². The second-order valence-corrected chi connectivity index (χ2v) is 6.09. The molecule has 2 N–H and O–H groups in total. The third-order valence-electron chi connectivity index (χ3n) is 4.68. The smallest absolute Gasteiger partial charge is 0.238 e. The van der Waals surface area contributed by atoms with Gasteiger partial charge in [-0.1, -0.05) is 25.7 Å². The van der Waals surface area contributed by atoms with Crippen LogP contribution in [0.1, 0.15) is 51.9 Å². The van der Waals surface area contributed by atoms with Gasteiger partial charge in [-0.3, -0.25) is 9.69 Å². The lowest BCUT2D eigenvalue weighted by Gasteiger charge is -2.39. The number of nitrogens with zero attached hydrogens (tertiary/aromatic N) is 1. The summed E-state index contributed by atoms with van der Waals surface area (Å²) >= 11 is 0. The Kier molecular flexibility index (Phi) is 5.64. The predicted octanol–water partition coefficient (Wildman–Crippen LogP) is 1.51. The van der Waals surface area contributed by atoms with Gasteiger partial charge in [0.25, 0.3) is 0 Å². The molecule has 0 bridgehead atoms. The summed E-state index contributed by atoms with van der Waals surface area (Å²) in [6.45, 7) is 3.87. The minimum Gasteiger partial charge on any atom is -0.355 e. The summed E-state index contributed by atoms with van der Waals surface area (Å²) in [5.41, 5.74) is 0. The van der Waals surface area contributed by atoms with Crippen LogP contribution in [-0.4, -0.2) is 49.1 Å². The Morgan fingerprint density at radius 1 is 1.21 bits per heavy atom. The maximum absolute atomic E-state index is 12.3. The molecule has 1 amide bonds. The quantitative estimate of drug-likeness (QED) is 0.762. The van der Waals surface area contributed by atoms with E-state index < -0.39 is 0 Å². The van der Waals surface area contributed by atoms with E-state index in [1.807, 2.05) is 7.05 Å². The molecule has 0 spiro atoms. The number of likely N-dealkylation sites (N-methyl/N-ethyl adjacent to an activating group) is 1. The van der Waals surface area contributed by atoms with E-state index in [4.69, 9.17) is 0 Å². The zero-order valence-corrected chi connectivity index (χ0v) is 12.5. The van der Waals surface area contributed by atoms with Crippen LogP contribution in [0, 0.1) is 0 Å². The fraction of sp³-hybridized carbons (Fsp3) is 0.933. The van der Waals surface area contributed by atoms with Crippen molar-refractivity contribution in [2.45, 2.75) is 70.0 Å². The fourth-order valence-electron chi connectivity index (χ4n) is 3.68. The summed E-state index contributed by atoms with van der Waals surface area (Å²) in [7, 11) is 1.94. The van der Waals surface area contributed by atoms with Gasteiger partial charge in [0.05, 0.1) is 0 Å². The standard InChI is InChI=1S/C15H29N3O/c1-12-9-10-17-15(19)14(11-16-2)18(12)13-7-5-3-4-6-8-13/h12-14,16H,3-11H2,1-2H3,(H,17,19). The third kappa shape index (κ3) is 3.69. The van der Waals surface area contributed by atoms with Gasteiger partial charge in [0.1, 0.15) is 6.04 Å². The monoisotopic (exact) mass is 267 g/mol. The first-order chi connectivity index (χ1) is 9.24. The van der Waals surface area contributed by atoms with E-state index in [0.717, 1.165) is 19.5 Å². The molecule has 2 unspecified atom stereocenters. The Morgan fingerprint density at radius 2 is 1.89 bits per heavy atom. The van der Waals surface area contributed by atoms with Crippen molar-refractivity contribution in [3.8, 4) is 0 Å². The molecule has 1 aliphatic heterocycles. The molecule has 1 saturated carbocycles. The first kappa shape index (κ1) is 14.8. The Balaban J connectivity index is 2.15. The number of nitrogens with one attached hydrogen (secondary N) is 2. The molecule has 4 heteroatoms. The van der Waals surface area contributed by atoms with Gasteiger partial charge < -0.3 is 10.6 Å². The minimum atomic E-state index is 0.00519. The summed E-state index contributed by atoms with van der Waals surface area (Å²) in [6, 6.07) is 1.10. The highest BCUT2D eigenvalue weighted by atomic mass is 16.2. The SMILES string of the molecule is CNCC1C(=O)NCCC(C)N1C1CCCCCC1. The molecule has 0 radical (unpaired) electrons. The zero-order chi connectivity index (χ0) is 13.7. The average molecular weight is 267 g/mol. The lowest BCUT2D eigenvalue weighted by molar-refractivity contribution is -0.127. The molecule has 2 fully saturated rings. The highest BCUT2D eigenvalue weighted by Crippen LogP contribution is 2.27. The van der Waals surface area contributed by atoms with Crippen LogP contribution in [0.25, 0.3) is 0 Å². The molecule has 2 atom stereocenters. The zero-order valence-electron chi connectivity index (χ0n) is 12.5. The van der Waals surface area contributed by atoms with Gasteiger partial charge >= 0.3 is 0 Å². The van der Waals surface area contributed by atoms with Crippen molar-refractivity contribution >= 4 is 5.91 Å². The number of hydrogen-bond donors (Lipinski definition) is 2. The summed E-state index contributed by atoms with van der Waals surface area (Å²) in [4.78, 5) is 14.8. The van der Waals surface area contributed by atoms with Crippen LogP contribution in [0.2, 0.25) is 0 Å². The molecule has 2 aliphatic rings. The Bertz CT molecular complexity index is 287. The molecule has 1 saturated heterocycles. The Morgan fingerprint density at radius 3 is 2.53 bits per heavy atom. The number of hydrogen-bond acceptors (Lipinski definition) is 3. The third-order valence-corrected chi connectivity index (χ3v) is 4.68. The number of rotatable bonds is 3. The maximum atomic E-state index is 12.3. The molecule has 1 aliphatic carbocycles. The van der Waals surface area contributed by atoms with Crippen molar-refractivity contribution in [1.82, 2.24) is 15.5 Å². The molecule has 0 aromatic carbocycles. The van der Waals surface area contributed by atoms with Gasteiger partial charge in [0, 0.05) is 25.2 Å². The van der Waals surface area contributed by atoms with E-state index >= 15 is 0 Å². The van der Waals surface area contributed by atoms with Crippen molar-refractivity contribution in [2.24, 2.45) is 0 Å². The molecule has 110 valence electrons. The second kappa shape index (κ2) is 7.25. The summed E-state index contributed by atoms with van der Waals surface area (Å²) in [6.07, 6.45) is 8.96. The average Bonchev–Trinajstić information content (AvgIpc) is 2.72. The van der Waals surface area contributed by atoms with E-state index in [2.05, 4.69) is 22.5 Å². The maximum Gasteiger partial charge on any atom is 0.238 e. The van der Waals surface area contributed by atoms with E-state index in [1.54, 1.807) is 0 Å². The van der Waals surface area contributed by atoms with E-state index in [-0.39, 0.29) is 11.9 Å². The van der Waals surface area contributed by atoms with Gasteiger partial charge in [0.15, 0.2) is 0 Å². The molecule has 0 aromatic heterocycles. The highest BCUT2D eigenvalue weighted by molar-refractivity contribution is 5.82. The molecule has 0 aromatic rings. The summed E-state index contributed by atoms with van der Waals surface area (Å²) in [5, 5.41) is 6.27. The molecule has 1 heterocycles. The van der Waals surface area contributed by atoms with Gasteiger partial charge in [-0.25, -0.2) is 0 Å². The summed E-state index contributed by atoms with van der Waals surface area (Å²) in [5.74, 6) is 0.211. The van der Waals surface area contributed by atoms with Crippen LogP contribution in [0.3, 0.4) is 0 Å². The lowest BCUT2D eigenvalue weighted by Crippen LogP contribution is -2.55. The van der Waals surface area contributed by atoms with E-state index in [1.165, 1.54) is 38.5 Å². The molecule has 2 rings (SSSR count). The molecular weight excluding hydrogens is 238 g/mol. The van der Waals surface area contributed by atoms with Gasteiger partial charge in [-0.2, -0.15) is 0 Å². The van der Waals surface area contributed by atoms with Crippen LogP contribution in [0.15, 0.2) is 0 Å². The first-order valence-corrected chi connectivity index (χ1v) is 7.93. The number of carbonyl (C=O) groups excluding carboxylic acids is 1. The van der Waals surface area contributed by atoms with Crippen LogP contribution in [-0.2, 0) is 4.79 Å². The molecule has 19 heavy (non-hydrogen) atoms. The Hall–Kier alpha value is -0.610. The topological polar surface area (TPSA) is 44.4 Å². The van der Waals surface area contributed by atoms with Crippen molar-refractivity contribution in [3.63, 3.8) is 0 Å². The van der Waals surface area contributed by atoms with Crippen molar-refractivity contribution in [2.75, 3.05) is 20.1 Å². The minimum absolute atomic E-state index is 0.00519. The molecule has 4 nitrogen and oxygen atoms in total. The van der Waals surface area contributed by atoms with Crippen LogP contribution in [0.5, 0.6) is 0 Å². The number of carbonyl (C=O) groups is 1. The van der Waals surface area contributed by atoms with Gasteiger partial charge in [-0.15, -0.1) is 0 Å². The van der Waals surface area contributed by atoms with E-state index in [9.17, 15) is 4.79 Å². The van der Waals surface area contributed by atoms with Gasteiger partial charge in [0.2, 0.25) is 5.91 Å².